The lowest BCUT2D eigenvalue weighted by atomic mass is 9.82. The Bertz CT molecular complexity index is 827. The highest BCUT2D eigenvalue weighted by molar-refractivity contribution is 5.95. The van der Waals surface area contributed by atoms with Gasteiger partial charge in [0.2, 0.25) is 5.91 Å². The zero-order valence-electron chi connectivity index (χ0n) is 15.4. The van der Waals surface area contributed by atoms with Gasteiger partial charge in [0, 0.05) is 44.2 Å². The van der Waals surface area contributed by atoms with Gasteiger partial charge in [-0.1, -0.05) is 0 Å². The number of amides is 2. The molecular formula is C19H23N5O3. The predicted molar refractivity (Wildman–Crippen MR) is 98.4 cm³/mol. The Morgan fingerprint density at radius 1 is 1.19 bits per heavy atom. The maximum absolute atomic E-state index is 12.8. The molecule has 2 aliphatic rings. The molecule has 1 saturated heterocycles. The van der Waals surface area contributed by atoms with Crippen LogP contribution in [0.3, 0.4) is 0 Å². The second kappa shape index (κ2) is 7.11. The highest BCUT2D eigenvalue weighted by Gasteiger charge is 2.46. The fourth-order valence-corrected chi connectivity index (χ4v) is 4.06. The van der Waals surface area contributed by atoms with Gasteiger partial charge in [-0.2, -0.15) is 5.10 Å². The number of fused-ring (bicyclic) bond motifs is 2. The number of ether oxygens (including phenoxy) is 1. The highest BCUT2D eigenvalue weighted by Crippen LogP contribution is 2.40. The van der Waals surface area contributed by atoms with E-state index in [0.717, 1.165) is 5.82 Å². The number of methoxy groups -OCH3 is 1. The molecule has 0 radical (unpaired) electrons. The van der Waals surface area contributed by atoms with E-state index in [4.69, 9.17) is 4.74 Å². The first-order valence-corrected chi connectivity index (χ1v) is 9.18. The van der Waals surface area contributed by atoms with Gasteiger partial charge in [-0.3, -0.25) is 19.5 Å². The maximum Gasteiger partial charge on any atom is 0.253 e. The number of nitrogens with zero attached hydrogens (tertiary/aromatic N) is 5. The van der Waals surface area contributed by atoms with E-state index in [0.29, 0.717) is 51.1 Å². The van der Waals surface area contributed by atoms with Crippen LogP contribution in [0.5, 0.6) is 0 Å². The van der Waals surface area contributed by atoms with Gasteiger partial charge in [0.25, 0.3) is 5.91 Å². The quantitative estimate of drug-likeness (QED) is 0.811. The maximum atomic E-state index is 12.8. The second-order valence-corrected chi connectivity index (χ2v) is 7.07. The smallest absolute Gasteiger partial charge is 0.253 e. The van der Waals surface area contributed by atoms with Crippen molar-refractivity contribution in [1.82, 2.24) is 19.7 Å². The first-order valence-electron chi connectivity index (χ1n) is 9.18. The summed E-state index contributed by atoms with van der Waals surface area (Å²) >= 11 is 0. The van der Waals surface area contributed by atoms with E-state index < -0.39 is 0 Å². The van der Waals surface area contributed by atoms with Gasteiger partial charge in [-0.25, -0.2) is 4.68 Å². The number of piperidine rings is 1. The van der Waals surface area contributed by atoms with Crippen LogP contribution < -0.4 is 4.90 Å². The van der Waals surface area contributed by atoms with Crippen molar-refractivity contribution in [3.8, 4) is 0 Å². The third-order valence-corrected chi connectivity index (χ3v) is 5.56. The van der Waals surface area contributed by atoms with Crippen molar-refractivity contribution in [2.75, 3.05) is 38.3 Å². The Morgan fingerprint density at radius 3 is 2.63 bits per heavy atom. The Morgan fingerprint density at radius 2 is 1.93 bits per heavy atom. The van der Waals surface area contributed by atoms with E-state index in [1.54, 1.807) is 42.7 Å². The molecule has 0 atom stereocenters. The number of likely N-dealkylation sites (tertiary alicyclic amines) is 1. The zero-order chi connectivity index (χ0) is 18.9. The number of hydrogen-bond acceptors (Lipinski definition) is 5. The molecule has 1 fully saturated rings. The van der Waals surface area contributed by atoms with Gasteiger partial charge in [0.05, 0.1) is 31.3 Å². The van der Waals surface area contributed by atoms with E-state index in [-0.39, 0.29) is 17.4 Å². The van der Waals surface area contributed by atoms with Crippen LogP contribution in [0, 0.1) is 0 Å². The van der Waals surface area contributed by atoms with E-state index in [1.807, 2.05) is 15.6 Å². The SMILES string of the molecule is COCCN1C(=O)CC2(CCN(C(=O)c3ccncc3)CC2)n2nccc21. The lowest BCUT2D eigenvalue weighted by molar-refractivity contribution is -0.123. The second-order valence-electron chi connectivity index (χ2n) is 7.07. The van der Waals surface area contributed by atoms with Crippen molar-refractivity contribution in [2.45, 2.75) is 24.8 Å². The lowest BCUT2D eigenvalue weighted by Crippen LogP contribution is -2.55. The summed E-state index contributed by atoms with van der Waals surface area (Å²) in [6.07, 6.45) is 6.82. The minimum Gasteiger partial charge on any atom is -0.383 e. The average Bonchev–Trinajstić information content (AvgIpc) is 3.19. The number of hydrogen-bond donors (Lipinski definition) is 0. The number of pyridine rings is 1. The van der Waals surface area contributed by atoms with Crippen LogP contribution in [0.4, 0.5) is 5.82 Å². The van der Waals surface area contributed by atoms with Crippen LogP contribution in [-0.4, -0.2) is 64.8 Å². The molecule has 4 heterocycles. The number of anilines is 1. The van der Waals surface area contributed by atoms with Crippen LogP contribution in [0.15, 0.2) is 36.8 Å². The highest BCUT2D eigenvalue weighted by atomic mass is 16.5. The Kier molecular flexibility index (Phi) is 4.65. The van der Waals surface area contributed by atoms with Gasteiger partial charge < -0.3 is 9.64 Å². The van der Waals surface area contributed by atoms with Gasteiger partial charge in [0.1, 0.15) is 5.82 Å². The predicted octanol–water partition coefficient (Wildman–Crippen LogP) is 1.29. The summed E-state index contributed by atoms with van der Waals surface area (Å²) in [6, 6.07) is 5.34. The first-order chi connectivity index (χ1) is 13.1. The normalized spacial score (nSPS) is 18.6. The summed E-state index contributed by atoms with van der Waals surface area (Å²) in [7, 11) is 1.63. The first kappa shape index (κ1) is 17.7. The molecule has 1 spiro atoms. The molecular weight excluding hydrogens is 346 g/mol. The lowest BCUT2D eigenvalue weighted by Gasteiger charge is -2.46. The van der Waals surface area contributed by atoms with Crippen LogP contribution in [-0.2, 0) is 15.1 Å². The molecule has 2 aliphatic heterocycles. The minimum absolute atomic E-state index is 0.0109. The van der Waals surface area contributed by atoms with Gasteiger partial charge in [-0.15, -0.1) is 0 Å². The Labute approximate surface area is 157 Å². The van der Waals surface area contributed by atoms with Crippen molar-refractivity contribution >= 4 is 17.6 Å². The van der Waals surface area contributed by atoms with E-state index >= 15 is 0 Å². The summed E-state index contributed by atoms with van der Waals surface area (Å²) in [5, 5.41) is 4.52. The molecule has 8 heteroatoms. The van der Waals surface area contributed by atoms with Crippen molar-refractivity contribution in [3.05, 3.63) is 42.4 Å². The van der Waals surface area contributed by atoms with Crippen molar-refractivity contribution in [1.29, 1.82) is 0 Å². The number of rotatable bonds is 4. The van der Waals surface area contributed by atoms with Gasteiger partial charge in [-0.05, 0) is 25.0 Å². The molecule has 2 amide bonds. The molecule has 8 nitrogen and oxygen atoms in total. The average molecular weight is 369 g/mol. The minimum atomic E-state index is -0.353. The molecule has 27 heavy (non-hydrogen) atoms. The third-order valence-electron chi connectivity index (χ3n) is 5.56. The fraction of sp³-hybridized carbons (Fsp3) is 0.474. The van der Waals surface area contributed by atoms with E-state index in [2.05, 4.69) is 10.1 Å². The zero-order valence-corrected chi connectivity index (χ0v) is 15.4. The number of carbonyl (C=O) groups excluding carboxylic acids is 2. The molecule has 2 aromatic rings. The molecule has 0 bridgehead atoms. The van der Waals surface area contributed by atoms with Crippen molar-refractivity contribution in [2.24, 2.45) is 0 Å². The standard InChI is InChI=1S/C19H23N5O3/c1-27-13-12-23-16-4-9-21-24(16)19(14-17(23)25)5-10-22(11-6-19)18(26)15-2-7-20-8-3-15/h2-4,7-9H,5-6,10-14H2,1H3. The topological polar surface area (TPSA) is 80.6 Å². The van der Waals surface area contributed by atoms with Crippen molar-refractivity contribution in [3.63, 3.8) is 0 Å². The molecule has 0 N–H and O–H groups in total. The molecule has 0 aliphatic carbocycles. The van der Waals surface area contributed by atoms with Crippen LogP contribution in [0.2, 0.25) is 0 Å². The van der Waals surface area contributed by atoms with Crippen molar-refractivity contribution < 1.29 is 14.3 Å². The number of carbonyl (C=O) groups is 2. The molecule has 142 valence electrons. The Balaban J connectivity index is 1.52. The molecule has 4 rings (SSSR count). The van der Waals surface area contributed by atoms with Gasteiger partial charge in [0.15, 0.2) is 0 Å². The summed E-state index contributed by atoms with van der Waals surface area (Å²) < 4.78 is 7.12. The van der Waals surface area contributed by atoms with Gasteiger partial charge >= 0.3 is 0 Å². The summed E-state index contributed by atoms with van der Waals surface area (Å²) in [6.45, 7) is 2.21. The number of aromatic nitrogens is 3. The summed E-state index contributed by atoms with van der Waals surface area (Å²) in [5.74, 6) is 0.919. The van der Waals surface area contributed by atoms with E-state index in [1.165, 1.54) is 0 Å². The monoisotopic (exact) mass is 369 g/mol. The van der Waals surface area contributed by atoms with Crippen LogP contribution in [0.25, 0.3) is 0 Å². The largest absolute Gasteiger partial charge is 0.383 e. The van der Waals surface area contributed by atoms with Crippen LogP contribution in [0.1, 0.15) is 29.6 Å². The molecule has 0 unspecified atom stereocenters. The Hall–Kier alpha value is -2.74. The van der Waals surface area contributed by atoms with E-state index in [9.17, 15) is 9.59 Å². The molecule has 0 saturated carbocycles. The molecule has 2 aromatic heterocycles. The third kappa shape index (κ3) is 3.10. The summed E-state index contributed by atoms with van der Waals surface area (Å²) in [4.78, 5) is 33.1. The van der Waals surface area contributed by atoms with Crippen LogP contribution >= 0.6 is 0 Å². The molecule has 0 aromatic carbocycles. The fourth-order valence-electron chi connectivity index (χ4n) is 4.06. The summed E-state index contributed by atoms with van der Waals surface area (Å²) in [5.41, 5.74) is 0.292.